The zero-order valence-corrected chi connectivity index (χ0v) is 11.3. The molecule has 2 aliphatic rings. The molecule has 1 amide bonds. The maximum atomic E-state index is 11.8. The van der Waals surface area contributed by atoms with Crippen LogP contribution in [0.5, 0.6) is 0 Å². The van der Waals surface area contributed by atoms with Gasteiger partial charge in [-0.15, -0.1) is 0 Å². The van der Waals surface area contributed by atoms with E-state index in [-0.39, 0.29) is 17.8 Å². The van der Waals surface area contributed by atoms with Crippen LogP contribution in [-0.4, -0.2) is 43.0 Å². The van der Waals surface area contributed by atoms with Gasteiger partial charge in [-0.3, -0.25) is 0 Å². The molecule has 2 heterocycles. The highest BCUT2D eigenvalue weighted by Crippen LogP contribution is 2.48. The third-order valence-corrected chi connectivity index (χ3v) is 3.74. The molecule has 3 unspecified atom stereocenters. The number of carbonyl (C=O) groups excluding carboxylic acids is 2. The number of hydrogen-bond donors (Lipinski definition) is 1. The van der Waals surface area contributed by atoms with Crippen molar-refractivity contribution in [1.29, 1.82) is 0 Å². The van der Waals surface area contributed by atoms with E-state index >= 15 is 0 Å². The lowest BCUT2D eigenvalue weighted by Gasteiger charge is -2.27. The normalized spacial score (nSPS) is 35.8. The van der Waals surface area contributed by atoms with Crippen LogP contribution < -0.4 is 5.32 Å². The molecular formula is C12H19NO5. The molecule has 2 fully saturated rings. The number of ether oxygens (including phenoxy) is 3. The van der Waals surface area contributed by atoms with E-state index in [9.17, 15) is 9.59 Å². The first kappa shape index (κ1) is 13.1. The number of carbonyl (C=O) groups is 2. The maximum absolute atomic E-state index is 11.8. The van der Waals surface area contributed by atoms with E-state index < -0.39 is 23.5 Å². The highest BCUT2D eigenvalue weighted by molar-refractivity contribution is 5.84. The van der Waals surface area contributed by atoms with Gasteiger partial charge in [-0.1, -0.05) is 13.8 Å². The molecule has 0 aromatic carbocycles. The summed E-state index contributed by atoms with van der Waals surface area (Å²) in [6.07, 6.45) is -1.12. The smallest absolute Gasteiger partial charge is 0.407 e. The van der Waals surface area contributed by atoms with Crippen LogP contribution in [0.3, 0.4) is 0 Å². The maximum Gasteiger partial charge on any atom is 0.407 e. The molecule has 0 aromatic rings. The fourth-order valence-electron chi connectivity index (χ4n) is 2.41. The summed E-state index contributed by atoms with van der Waals surface area (Å²) in [4.78, 5) is 23.1. The number of alkyl carbamates (subject to hydrolysis) is 1. The molecule has 0 bridgehead atoms. The van der Waals surface area contributed by atoms with Crippen LogP contribution in [0.1, 0.15) is 27.7 Å². The van der Waals surface area contributed by atoms with Gasteiger partial charge < -0.3 is 19.5 Å². The summed E-state index contributed by atoms with van der Waals surface area (Å²) >= 11 is 0. The summed E-state index contributed by atoms with van der Waals surface area (Å²) in [5.74, 6) is -0.443. The molecule has 6 nitrogen and oxygen atoms in total. The minimum Gasteiger partial charge on any atom is -0.457 e. The Morgan fingerprint density at radius 3 is 2.28 bits per heavy atom. The van der Waals surface area contributed by atoms with Crippen LogP contribution in [0, 0.1) is 5.41 Å². The lowest BCUT2D eigenvalue weighted by Crippen LogP contribution is -2.49. The third kappa shape index (κ3) is 1.94. The minimum absolute atomic E-state index is 0.124. The second-order valence-corrected chi connectivity index (χ2v) is 5.89. The largest absolute Gasteiger partial charge is 0.457 e. The van der Waals surface area contributed by atoms with Gasteiger partial charge in [-0.25, -0.2) is 9.59 Å². The first-order valence-corrected chi connectivity index (χ1v) is 5.93. The Labute approximate surface area is 106 Å². The second-order valence-electron chi connectivity index (χ2n) is 5.89. The van der Waals surface area contributed by atoms with Crippen molar-refractivity contribution in [2.24, 2.45) is 5.41 Å². The van der Waals surface area contributed by atoms with Crippen molar-refractivity contribution in [3.05, 3.63) is 0 Å². The van der Waals surface area contributed by atoms with Crippen LogP contribution in [0.15, 0.2) is 0 Å². The van der Waals surface area contributed by atoms with E-state index in [4.69, 9.17) is 9.47 Å². The van der Waals surface area contributed by atoms with Gasteiger partial charge in [0.1, 0.15) is 18.2 Å². The van der Waals surface area contributed by atoms with E-state index in [2.05, 4.69) is 10.1 Å². The van der Waals surface area contributed by atoms with E-state index in [1.165, 1.54) is 7.11 Å². The fourth-order valence-corrected chi connectivity index (χ4v) is 2.41. The Hall–Kier alpha value is -1.30. The number of cyclic esters (lactones) is 1. The van der Waals surface area contributed by atoms with Gasteiger partial charge in [0.2, 0.25) is 0 Å². The molecule has 1 N–H and O–H groups in total. The summed E-state index contributed by atoms with van der Waals surface area (Å²) < 4.78 is 15.4. The average molecular weight is 257 g/mol. The van der Waals surface area contributed by atoms with Crippen LogP contribution in [0.2, 0.25) is 0 Å². The molecule has 3 atom stereocenters. The predicted octanol–water partition coefficient (Wildman–Crippen LogP) is 0.840. The van der Waals surface area contributed by atoms with Crippen molar-refractivity contribution in [3.8, 4) is 0 Å². The Kier molecular flexibility index (Phi) is 2.81. The van der Waals surface area contributed by atoms with Gasteiger partial charge in [-0.05, 0) is 13.8 Å². The number of epoxide rings is 1. The fraction of sp³-hybridized carbons (Fsp3) is 0.833. The molecule has 2 aliphatic heterocycles. The van der Waals surface area contributed by atoms with Crippen molar-refractivity contribution >= 4 is 12.1 Å². The summed E-state index contributed by atoms with van der Waals surface area (Å²) in [6.45, 7) is 7.65. The average Bonchev–Trinajstić information content (AvgIpc) is 2.83. The number of amides is 1. The Balaban J connectivity index is 2.14. The first-order valence-electron chi connectivity index (χ1n) is 5.93. The second kappa shape index (κ2) is 3.85. The molecule has 0 saturated carbocycles. The van der Waals surface area contributed by atoms with Gasteiger partial charge in [0.15, 0.2) is 0 Å². The number of nitrogens with one attached hydrogen (secondary N) is 1. The SMILES string of the molecule is COC(=O)NC1C(=O)OC(C2OC2(C)C)C1(C)C. The van der Waals surface area contributed by atoms with Gasteiger partial charge in [-0.2, -0.15) is 0 Å². The molecule has 0 aliphatic carbocycles. The predicted molar refractivity (Wildman–Crippen MR) is 61.9 cm³/mol. The quantitative estimate of drug-likeness (QED) is 0.586. The molecule has 6 heteroatoms. The van der Waals surface area contributed by atoms with Gasteiger partial charge in [0.05, 0.1) is 12.7 Å². The van der Waals surface area contributed by atoms with Gasteiger partial charge in [0, 0.05) is 5.41 Å². The van der Waals surface area contributed by atoms with Crippen molar-refractivity contribution in [1.82, 2.24) is 5.32 Å². The molecule has 2 rings (SSSR count). The lowest BCUT2D eigenvalue weighted by atomic mass is 9.78. The third-order valence-electron chi connectivity index (χ3n) is 3.74. The van der Waals surface area contributed by atoms with Gasteiger partial charge >= 0.3 is 12.1 Å². The van der Waals surface area contributed by atoms with Crippen molar-refractivity contribution in [2.75, 3.05) is 7.11 Å². The number of methoxy groups -OCH3 is 1. The standard InChI is InChI=1S/C12H19NO5/c1-11(2)6(13-10(15)16-5)9(14)17-7(11)8-12(3,4)18-8/h6-8H,1-5H3,(H,13,15). The van der Waals surface area contributed by atoms with Crippen LogP contribution >= 0.6 is 0 Å². The summed E-state index contributed by atoms with van der Waals surface area (Å²) in [6, 6.07) is -0.713. The highest BCUT2D eigenvalue weighted by atomic mass is 16.6. The molecule has 102 valence electrons. The summed E-state index contributed by atoms with van der Waals surface area (Å²) in [7, 11) is 1.26. The molecule has 0 radical (unpaired) electrons. The number of hydrogen-bond acceptors (Lipinski definition) is 5. The number of esters is 1. The zero-order valence-electron chi connectivity index (χ0n) is 11.3. The zero-order chi connectivity index (χ0) is 13.7. The van der Waals surface area contributed by atoms with Crippen LogP contribution in [-0.2, 0) is 19.0 Å². The van der Waals surface area contributed by atoms with E-state index in [0.29, 0.717) is 0 Å². The Morgan fingerprint density at radius 1 is 1.28 bits per heavy atom. The highest BCUT2D eigenvalue weighted by Gasteiger charge is 2.64. The van der Waals surface area contributed by atoms with E-state index in [0.717, 1.165) is 0 Å². The molecule has 18 heavy (non-hydrogen) atoms. The first-order chi connectivity index (χ1) is 8.20. The monoisotopic (exact) mass is 257 g/mol. The van der Waals surface area contributed by atoms with Crippen molar-refractivity contribution in [2.45, 2.75) is 51.5 Å². The van der Waals surface area contributed by atoms with E-state index in [1.807, 2.05) is 27.7 Å². The Bertz CT molecular complexity index is 390. The summed E-state index contributed by atoms with van der Waals surface area (Å²) in [5, 5.41) is 2.52. The van der Waals surface area contributed by atoms with Crippen LogP contribution in [0.4, 0.5) is 4.79 Å². The van der Waals surface area contributed by atoms with E-state index in [1.54, 1.807) is 0 Å². The molecule has 0 aromatic heterocycles. The molecule has 2 saturated heterocycles. The minimum atomic E-state index is -0.713. The summed E-state index contributed by atoms with van der Waals surface area (Å²) in [5.41, 5.74) is -0.813. The molecular weight excluding hydrogens is 238 g/mol. The van der Waals surface area contributed by atoms with Gasteiger partial charge in [0.25, 0.3) is 0 Å². The van der Waals surface area contributed by atoms with Crippen molar-refractivity contribution in [3.63, 3.8) is 0 Å². The van der Waals surface area contributed by atoms with Crippen LogP contribution in [0.25, 0.3) is 0 Å². The number of rotatable bonds is 2. The topological polar surface area (TPSA) is 77.2 Å². The molecule has 0 spiro atoms. The Morgan fingerprint density at radius 2 is 1.83 bits per heavy atom. The van der Waals surface area contributed by atoms with Crippen molar-refractivity contribution < 1.29 is 23.8 Å². The lowest BCUT2D eigenvalue weighted by molar-refractivity contribution is -0.143.